The van der Waals surface area contributed by atoms with E-state index in [1.54, 1.807) is 17.5 Å². The maximum atomic E-state index is 10.6. The van der Waals surface area contributed by atoms with Crippen molar-refractivity contribution in [2.45, 2.75) is 57.0 Å². The van der Waals surface area contributed by atoms with Crippen LogP contribution in [-0.4, -0.2) is 81.1 Å². The topological polar surface area (TPSA) is 135 Å². The van der Waals surface area contributed by atoms with Crippen molar-refractivity contribution in [1.29, 1.82) is 0 Å². The van der Waals surface area contributed by atoms with E-state index < -0.39 is 24.3 Å². The van der Waals surface area contributed by atoms with E-state index in [0.717, 1.165) is 35.2 Å². The molecule has 4 rings (SSSR count). The van der Waals surface area contributed by atoms with E-state index >= 15 is 0 Å². The molecule has 1 saturated carbocycles. The van der Waals surface area contributed by atoms with Crippen molar-refractivity contribution in [3.05, 3.63) is 35.1 Å². The number of carbonyl (C=O) groups is 2. The van der Waals surface area contributed by atoms with Gasteiger partial charge in [-0.05, 0) is 31.9 Å². The fourth-order valence-electron chi connectivity index (χ4n) is 3.41. The Morgan fingerprint density at radius 3 is 2.22 bits per heavy atom. The number of hydrogen-bond donors (Lipinski definition) is 2. The number of carboxylic acids is 2. The van der Waals surface area contributed by atoms with Crippen LogP contribution in [0, 0.1) is 6.92 Å². The van der Waals surface area contributed by atoms with Crippen molar-refractivity contribution >= 4 is 28.4 Å². The number of morpholine rings is 1. The predicted molar refractivity (Wildman–Crippen MR) is 115 cm³/mol. The highest BCUT2D eigenvalue weighted by Gasteiger charge is 2.44. The lowest BCUT2D eigenvalue weighted by molar-refractivity contribution is -0.193. The van der Waals surface area contributed by atoms with Gasteiger partial charge in [-0.2, -0.15) is 26.3 Å². The predicted octanol–water partition coefficient (Wildman–Crippen LogP) is 3.46. The van der Waals surface area contributed by atoms with Crippen molar-refractivity contribution in [3.63, 3.8) is 0 Å². The number of fused-ring (bicyclic) bond motifs is 1. The van der Waals surface area contributed by atoms with Crippen LogP contribution in [0.2, 0.25) is 0 Å². The van der Waals surface area contributed by atoms with E-state index in [9.17, 15) is 26.3 Å². The maximum absolute atomic E-state index is 10.6. The van der Waals surface area contributed by atoms with Crippen molar-refractivity contribution in [1.82, 2.24) is 15.2 Å². The zero-order chi connectivity index (χ0) is 27.8. The van der Waals surface area contributed by atoms with Crippen LogP contribution < -0.4 is 4.90 Å². The molecule has 206 valence electrons. The summed E-state index contributed by atoms with van der Waals surface area (Å²) in [5, 5.41) is 24.7. The van der Waals surface area contributed by atoms with Gasteiger partial charge in [-0.3, -0.25) is 4.98 Å². The summed E-state index contributed by atoms with van der Waals surface area (Å²) < 4.78 is 75.6. The summed E-state index contributed by atoms with van der Waals surface area (Å²) in [7, 11) is 0. The number of ether oxygens (including phenoxy) is 2. The first-order valence-electron chi connectivity index (χ1n) is 10.5. The summed E-state index contributed by atoms with van der Waals surface area (Å²) in [4.78, 5) is 24.5. The van der Waals surface area contributed by atoms with E-state index in [1.165, 1.54) is 0 Å². The molecule has 2 aliphatic rings. The third-order valence-electron chi connectivity index (χ3n) is 4.95. The van der Waals surface area contributed by atoms with E-state index in [0.29, 0.717) is 19.3 Å². The highest BCUT2D eigenvalue weighted by molar-refractivity contribution is 7.15. The second kappa shape index (κ2) is 13.0. The number of aryl methyl sites for hydroxylation is 1. The summed E-state index contributed by atoms with van der Waals surface area (Å²) in [6.07, 6.45) is -6.06. The van der Waals surface area contributed by atoms with Crippen LogP contribution in [0.4, 0.5) is 31.5 Å². The second-order valence-corrected chi connectivity index (χ2v) is 8.71. The van der Waals surface area contributed by atoms with Crippen LogP contribution in [0.5, 0.6) is 0 Å². The van der Waals surface area contributed by atoms with Gasteiger partial charge >= 0.3 is 24.3 Å². The normalized spacial score (nSPS) is 21.2. The van der Waals surface area contributed by atoms with Gasteiger partial charge in [0.1, 0.15) is 11.1 Å². The molecule has 3 atom stereocenters. The Hall–Kier alpha value is -3.05. The molecule has 17 heteroatoms. The minimum atomic E-state index is -5.08. The van der Waals surface area contributed by atoms with Crippen LogP contribution in [0.15, 0.2) is 24.4 Å². The van der Waals surface area contributed by atoms with E-state index in [1.807, 2.05) is 25.1 Å². The number of alkyl halides is 6. The zero-order valence-electron chi connectivity index (χ0n) is 19.1. The molecule has 3 heterocycles. The number of pyridine rings is 1. The number of nitrogens with zero attached hydrogens (tertiary/aromatic N) is 4. The lowest BCUT2D eigenvalue weighted by atomic mass is 10.1. The Balaban J connectivity index is 0.000000286. The van der Waals surface area contributed by atoms with Crippen LogP contribution in [0.3, 0.4) is 0 Å². The average Bonchev–Trinajstić information content (AvgIpc) is 3.44. The lowest BCUT2D eigenvalue weighted by Crippen LogP contribution is -2.51. The summed E-state index contributed by atoms with van der Waals surface area (Å²) in [6, 6.07) is 6.23. The number of aliphatic carboxylic acids is 2. The van der Waals surface area contributed by atoms with Gasteiger partial charge in [0.05, 0.1) is 31.1 Å². The van der Waals surface area contributed by atoms with Gasteiger partial charge in [-0.1, -0.05) is 17.4 Å². The molecule has 0 bridgehead atoms. The molecule has 2 aromatic heterocycles. The Morgan fingerprint density at radius 1 is 1.11 bits per heavy atom. The molecule has 2 N–H and O–H groups in total. The molecule has 0 spiro atoms. The molecule has 0 radical (unpaired) electrons. The standard InChI is InChI=1S/C16H20N4O2S.2C2HF3O2/c1-11-18-19-16(23-11)20-8-9-21-15-13(20)5-6-14(15)22-10-12-4-2-3-7-17-12;2*3-2(4,5)1(6)7/h2-4,7,13-15H,5-6,8-10H2,1H3;2*(H,6,7)/t13-,14+,15+;;/m0../s1. The summed E-state index contributed by atoms with van der Waals surface area (Å²) in [5.41, 5.74) is 0.961. The SMILES string of the molecule is Cc1nnc(N2CCO[C@H]3[C@H](OCc4ccccn4)CC[C@@H]32)s1.O=C(O)C(F)(F)F.O=C(O)C(F)(F)F. The Kier molecular flexibility index (Phi) is 10.6. The molecule has 2 fully saturated rings. The molecule has 0 aromatic carbocycles. The molecule has 10 nitrogen and oxygen atoms in total. The third-order valence-corrected chi connectivity index (χ3v) is 5.83. The number of rotatable bonds is 4. The number of anilines is 1. The van der Waals surface area contributed by atoms with Gasteiger partial charge in [0, 0.05) is 12.7 Å². The summed E-state index contributed by atoms with van der Waals surface area (Å²) >= 11 is 1.65. The largest absolute Gasteiger partial charge is 0.490 e. The average molecular weight is 560 g/mol. The first-order chi connectivity index (χ1) is 17.2. The Labute approximate surface area is 209 Å². The Morgan fingerprint density at radius 2 is 1.73 bits per heavy atom. The fraction of sp³-hybridized carbons (Fsp3) is 0.550. The lowest BCUT2D eigenvalue weighted by Gasteiger charge is -2.38. The van der Waals surface area contributed by atoms with Gasteiger partial charge in [-0.25, -0.2) is 9.59 Å². The van der Waals surface area contributed by atoms with Crippen LogP contribution in [0.1, 0.15) is 23.5 Å². The smallest absolute Gasteiger partial charge is 0.475 e. The molecule has 0 amide bonds. The number of carboxylic acid groups (broad SMARTS) is 2. The summed E-state index contributed by atoms with van der Waals surface area (Å²) in [5.74, 6) is -5.51. The molecular weight excluding hydrogens is 538 g/mol. The van der Waals surface area contributed by atoms with Crippen LogP contribution >= 0.6 is 11.3 Å². The number of halogens is 6. The Bertz CT molecular complexity index is 999. The minimum absolute atomic E-state index is 0.108. The van der Waals surface area contributed by atoms with Crippen molar-refractivity contribution in [2.24, 2.45) is 0 Å². The highest BCUT2D eigenvalue weighted by atomic mass is 32.1. The van der Waals surface area contributed by atoms with Crippen molar-refractivity contribution < 1.29 is 55.6 Å². The number of hydrogen-bond acceptors (Lipinski definition) is 9. The van der Waals surface area contributed by atoms with Gasteiger partial charge in [-0.15, -0.1) is 10.2 Å². The van der Waals surface area contributed by atoms with Gasteiger partial charge in [0.2, 0.25) is 5.13 Å². The molecular formula is C20H22F6N4O6S. The molecule has 1 saturated heterocycles. The quantitative estimate of drug-likeness (QED) is 0.536. The molecule has 0 unspecified atom stereocenters. The van der Waals surface area contributed by atoms with Gasteiger partial charge < -0.3 is 24.6 Å². The van der Waals surface area contributed by atoms with Gasteiger partial charge in [0.15, 0.2) is 0 Å². The highest BCUT2D eigenvalue weighted by Crippen LogP contribution is 2.36. The zero-order valence-corrected chi connectivity index (χ0v) is 19.9. The fourth-order valence-corrected chi connectivity index (χ4v) is 4.18. The second-order valence-electron chi connectivity index (χ2n) is 7.55. The van der Waals surface area contributed by atoms with E-state index in [4.69, 9.17) is 29.3 Å². The van der Waals surface area contributed by atoms with Crippen LogP contribution in [0.25, 0.3) is 0 Å². The van der Waals surface area contributed by atoms with Crippen molar-refractivity contribution in [2.75, 3.05) is 18.1 Å². The molecule has 37 heavy (non-hydrogen) atoms. The molecule has 1 aliphatic heterocycles. The van der Waals surface area contributed by atoms with Gasteiger partial charge in [0.25, 0.3) is 0 Å². The first kappa shape index (κ1) is 30.2. The molecule has 1 aliphatic carbocycles. The van der Waals surface area contributed by atoms with E-state index in [2.05, 4.69) is 20.1 Å². The number of aromatic nitrogens is 3. The summed E-state index contributed by atoms with van der Waals surface area (Å²) in [6.45, 7) is 4.12. The van der Waals surface area contributed by atoms with E-state index in [-0.39, 0.29) is 12.2 Å². The third kappa shape index (κ3) is 9.40. The minimum Gasteiger partial charge on any atom is -0.475 e. The van der Waals surface area contributed by atoms with Crippen molar-refractivity contribution in [3.8, 4) is 0 Å². The first-order valence-corrected chi connectivity index (χ1v) is 11.3. The monoisotopic (exact) mass is 560 g/mol. The maximum Gasteiger partial charge on any atom is 0.490 e. The van der Waals surface area contributed by atoms with Crippen LogP contribution in [-0.2, 0) is 25.7 Å². The molecule has 2 aromatic rings.